The molecule has 1 saturated heterocycles. The first-order valence-corrected chi connectivity index (χ1v) is 12.7. The lowest BCUT2D eigenvalue weighted by atomic mass is 10.1. The summed E-state index contributed by atoms with van der Waals surface area (Å²) < 4.78 is 26.5. The number of anilines is 2. The molecule has 0 atom stereocenters. The molecule has 1 aliphatic heterocycles. The fourth-order valence-corrected chi connectivity index (χ4v) is 5.18. The molecule has 0 N–H and O–H groups in total. The predicted octanol–water partition coefficient (Wildman–Crippen LogP) is 3.92. The lowest BCUT2D eigenvalue weighted by molar-refractivity contribution is -0.129. The quantitative estimate of drug-likeness (QED) is 0.566. The summed E-state index contributed by atoms with van der Waals surface area (Å²) in [5, 5.41) is 2.41. The molecule has 1 aliphatic rings. The van der Waals surface area contributed by atoms with Crippen LogP contribution < -0.4 is 9.21 Å². The average Bonchev–Trinajstić information content (AvgIpc) is 2.78. The van der Waals surface area contributed by atoms with E-state index in [1.807, 2.05) is 61.5 Å². The zero-order chi connectivity index (χ0) is 22.9. The van der Waals surface area contributed by atoms with Gasteiger partial charge in [-0.1, -0.05) is 54.1 Å². The van der Waals surface area contributed by atoms with Gasteiger partial charge in [0, 0.05) is 42.3 Å². The van der Waals surface area contributed by atoms with E-state index in [1.165, 1.54) is 4.31 Å². The molecule has 3 aromatic rings. The first-order valence-electron chi connectivity index (χ1n) is 10.5. The summed E-state index contributed by atoms with van der Waals surface area (Å²) in [4.78, 5) is 17.1. The normalized spacial score (nSPS) is 14.6. The summed E-state index contributed by atoms with van der Waals surface area (Å²) in [6.45, 7) is 4.20. The lowest BCUT2D eigenvalue weighted by Gasteiger charge is -2.37. The molecule has 1 fully saturated rings. The van der Waals surface area contributed by atoms with E-state index in [0.29, 0.717) is 36.9 Å². The Kier molecular flexibility index (Phi) is 6.31. The highest BCUT2D eigenvalue weighted by Crippen LogP contribution is 2.29. The van der Waals surface area contributed by atoms with E-state index in [2.05, 4.69) is 4.90 Å². The van der Waals surface area contributed by atoms with Crippen LogP contribution in [0.4, 0.5) is 11.4 Å². The molecular formula is C24H26ClN3O3S. The van der Waals surface area contributed by atoms with Crippen molar-refractivity contribution >= 4 is 49.7 Å². The minimum absolute atomic E-state index is 0.203. The summed E-state index contributed by atoms with van der Waals surface area (Å²) >= 11 is 6.16. The molecule has 1 amide bonds. The highest BCUT2D eigenvalue weighted by Gasteiger charge is 2.28. The van der Waals surface area contributed by atoms with E-state index in [0.717, 1.165) is 28.3 Å². The van der Waals surface area contributed by atoms with Crippen molar-refractivity contribution in [2.24, 2.45) is 0 Å². The van der Waals surface area contributed by atoms with E-state index >= 15 is 0 Å². The topological polar surface area (TPSA) is 60.9 Å². The van der Waals surface area contributed by atoms with Gasteiger partial charge in [-0.15, -0.1) is 0 Å². The zero-order valence-electron chi connectivity index (χ0n) is 18.2. The van der Waals surface area contributed by atoms with Crippen LogP contribution >= 0.6 is 11.6 Å². The summed E-state index contributed by atoms with van der Waals surface area (Å²) in [6, 6.07) is 18.9. The van der Waals surface area contributed by atoms with Crippen LogP contribution in [0.3, 0.4) is 0 Å². The predicted molar refractivity (Wildman–Crippen MR) is 131 cm³/mol. The number of piperazine rings is 1. The SMILES string of the molecule is Cc1ccc(Cl)cc1N1CCN(C(=O)CN(c2cccc3ccccc23)S(C)(=O)=O)CC1. The maximum absolute atomic E-state index is 13.1. The number of hydrogen-bond donors (Lipinski definition) is 0. The number of nitrogens with zero attached hydrogens (tertiary/aromatic N) is 3. The molecule has 0 unspecified atom stereocenters. The largest absolute Gasteiger partial charge is 0.368 e. The molecule has 0 bridgehead atoms. The minimum atomic E-state index is -3.65. The Morgan fingerprint density at radius 1 is 1.00 bits per heavy atom. The number of fused-ring (bicyclic) bond motifs is 1. The smallest absolute Gasteiger partial charge is 0.243 e. The molecule has 0 aliphatic carbocycles. The van der Waals surface area contributed by atoms with Gasteiger partial charge in [0.1, 0.15) is 6.54 Å². The summed E-state index contributed by atoms with van der Waals surface area (Å²) in [7, 11) is -3.65. The number of halogens is 1. The van der Waals surface area contributed by atoms with Gasteiger partial charge in [-0.2, -0.15) is 0 Å². The van der Waals surface area contributed by atoms with Crippen molar-refractivity contribution in [2.75, 3.05) is 48.2 Å². The molecule has 6 nitrogen and oxygen atoms in total. The van der Waals surface area contributed by atoms with Gasteiger partial charge in [0.05, 0.1) is 11.9 Å². The van der Waals surface area contributed by atoms with Crippen molar-refractivity contribution in [1.29, 1.82) is 0 Å². The van der Waals surface area contributed by atoms with Crippen molar-refractivity contribution in [2.45, 2.75) is 6.92 Å². The molecule has 1 heterocycles. The Morgan fingerprint density at radius 3 is 2.41 bits per heavy atom. The van der Waals surface area contributed by atoms with Crippen LogP contribution in [0.2, 0.25) is 5.02 Å². The van der Waals surface area contributed by atoms with Crippen molar-refractivity contribution in [1.82, 2.24) is 4.90 Å². The Bertz CT molecular complexity index is 1250. The van der Waals surface area contributed by atoms with Gasteiger partial charge in [0.15, 0.2) is 0 Å². The molecule has 168 valence electrons. The fraction of sp³-hybridized carbons (Fsp3) is 0.292. The number of rotatable bonds is 5. The lowest BCUT2D eigenvalue weighted by Crippen LogP contribution is -2.52. The van der Waals surface area contributed by atoms with Crippen molar-refractivity contribution in [3.63, 3.8) is 0 Å². The van der Waals surface area contributed by atoms with Crippen LogP contribution in [0.1, 0.15) is 5.56 Å². The highest BCUT2D eigenvalue weighted by molar-refractivity contribution is 7.92. The first-order chi connectivity index (χ1) is 15.2. The fourth-order valence-electron chi connectivity index (χ4n) is 4.15. The third kappa shape index (κ3) is 4.69. The number of sulfonamides is 1. The van der Waals surface area contributed by atoms with E-state index < -0.39 is 10.0 Å². The number of carbonyl (C=O) groups is 1. The molecule has 8 heteroatoms. The number of aryl methyl sites for hydroxylation is 1. The van der Waals surface area contributed by atoms with Crippen LogP contribution in [0, 0.1) is 6.92 Å². The van der Waals surface area contributed by atoms with Crippen LogP contribution in [0.5, 0.6) is 0 Å². The van der Waals surface area contributed by atoms with Gasteiger partial charge in [-0.3, -0.25) is 9.10 Å². The minimum Gasteiger partial charge on any atom is -0.368 e. The Morgan fingerprint density at radius 2 is 1.69 bits per heavy atom. The van der Waals surface area contributed by atoms with Crippen molar-refractivity contribution in [3.05, 3.63) is 71.2 Å². The average molecular weight is 472 g/mol. The maximum Gasteiger partial charge on any atom is 0.243 e. The first kappa shape index (κ1) is 22.4. The second kappa shape index (κ2) is 9.00. The van der Waals surface area contributed by atoms with Gasteiger partial charge < -0.3 is 9.80 Å². The molecule has 0 radical (unpaired) electrons. The number of amides is 1. The van der Waals surface area contributed by atoms with Crippen LogP contribution in [-0.4, -0.2) is 58.2 Å². The molecule has 0 aromatic heterocycles. The van der Waals surface area contributed by atoms with Gasteiger partial charge in [0.2, 0.25) is 15.9 Å². The maximum atomic E-state index is 13.1. The third-order valence-corrected chi connectivity index (χ3v) is 7.22. The monoisotopic (exact) mass is 471 g/mol. The van der Waals surface area contributed by atoms with E-state index in [9.17, 15) is 13.2 Å². The summed E-state index contributed by atoms with van der Waals surface area (Å²) in [5.41, 5.74) is 2.72. The number of benzene rings is 3. The number of hydrogen-bond acceptors (Lipinski definition) is 4. The van der Waals surface area contributed by atoms with Gasteiger partial charge in [-0.05, 0) is 36.1 Å². The molecule has 4 rings (SSSR count). The van der Waals surface area contributed by atoms with Crippen molar-refractivity contribution in [3.8, 4) is 0 Å². The van der Waals surface area contributed by atoms with Gasteiger partial charge >= 0.3 is 0 Å². The molecule has 0 saturated carbocycles. The summed E-state index contributed by atoms with van der Waals surface area (Å²) in [6.07, 6.45) is 1.14. The van der Waals surface area contributed by atoms with E-state index in [-0.39, 0.29) is 12.5 Å². The standard InChI is InChI=1S/C24H26ClN3O3S/c1-18-10-11-20(25)16-23(18)26-12-14-27(15-13-26)24(29)17-28(32(2,30)31)22-9-5-7-19-6-3-4-8-21(19)22/h3-11,16H,12-15,17H2,1-2H3. The second-order valence-corrected chi connectivity index (χ2v) is 10.4. The van der Waals surface area contributed by atoms with E-state index in [4.69, 9.17) is 11.6 Å². The molecular weight excluding hydrogens is 446 g/mol. The second-order valence-electron chi connectivity index (χ2n) is 8.07. The zero-order valence-corrected chi connectivity index (χ0v) is 19.7. The molecule has 0 spiro atoms. The third-order valence-electron chi connectivity index (χ3n) is 5.86. The molecule has 3 aromatic carbocycles. The van der Waals surface area contributed by atoms with Crippen LogP contribution in [0.15, 0.2) is 60.7 Å². The Hall–Kier alpha value is -2.77. The van der Waals surface area contributed by atoms with Crippen LogP contribution in [0.25, 0.3) is 10.8 Å². The van der Waals surface area contributed by atoms with Gasteiger partial charge in [-0.25, -0.2) is 8.42 Å². The van der Waals surface area contributed by atoms with E-state index in [1.54, 1.807) is 11.0 Å². The van der Waals surface area contributed by atoms with Crippen LogP contribution in [-0.2, 0) is 14.8 Å². The van der Waals surface area contributed by atoms with Crippen molar-refractivity contribution < 1.29 is 13.2 Å². The highest BCUT2D eigenvalue weighted by atomic mass is 35.5. The molecule has 32 heavy (non-hydrogen) atoms. The Labute approximate surface area is 194 Å². The number of carbonyl (C=O) groups excluding carboxylic acids is 1. The summed E-state index contributed by atoms with van der Waals surface area (Å²) in [5.74, 6) is -0.203. The Balaban J connectivity index is 1.51. The van der Waals surface area contributed by atoms with Gasteiger partial charge in [0.25, 0.3) is 0 Å².